The maximum Gasteiger partial charge on any atom is 0.254 e. The van der Waals surface area contributed by atoms with Gasteiger partial charge in [-0.2, -0.15) is 5.10 Å². The van der Waals surface area contributed by atoms with Gasteiger partial charge in [0.05, 0.1) is 11.8 Å². The molecule has 82 valence electrons. The lowest BCUT2D eigenvalue weighted by Gasteiger charge is -2.09. The summed E-state index contributed by atoms with van der Waals surface area (Å²) in [5, 5.41) is 9.57. The zero-order chi connectivity index (χ0) is 10.7. The molecule has 1 saturated carbocycles. The summed E-state index contributed by atoms with van der Waals surface area (Å²) in [6, 6.07) is 0. The van der Waals surface area contributed by atoms with Crippen LogP contribution in [0.2, 0.25) is 0 Å². The second kappa shape index (κ2) is 4.47. The van der Waals surface area contributed by atoms with E-state index >= 15 is 0 Å². The monoisotopic (exact) mass is 207 g/mol. The smallest absolute Gasteiger partial charge is 0.254 e. The van der Waals surface area contributed by atoms with Crippen LogP contribution in [0.4, 0.5) is 0 Å². The lowest BCUT2D eigenvalue weighted by Crippen LogP contribution is -2.28. The molecule has 0 aliphatic heterocycles. The van der Waals surface area contributed by atoms with Crippen LogP contribution in [0.3, 0.4) is 0 Å². The molecule has 15 heavy (non-hydrogen) atoms. The van der Waals surface area contributed by atoms with E-state index in [4.69, 9.17) is 0 Å². The minimum absolute atomic E-state index is 0.00634. The predicted octanol–water partition coefficient (Wildman–Crippen LogP) is 1.64. The number of nitrogens with one attached hydrogen (secondary N) is 2. The summed E-state index contributed by atoms with van der Waals surface area (Å²) in [5.41, 5.74) is 1.49. The summed E-state index contributed by atoms with van der Waals surface area (Å²) in [6.07, 6.45) is 6.71. The highest BCUT2D eigenvalue weighted by atomic mass is 16.1. The van der Waals surface area contributed by atoms with Crippen LogP contribution in [-0.2, 0) is 0 Å². The Morgan fingerprint density at radius 3 is 2.93 bits per heavy atom. The first kappa shape index (κ1) is 10.2. The van der Waals surface area contributed by atoms with E-state index in [2.05, 4.69) is 15.5 Å². The Balaban J connectivity index is 1.84. The van der Waals surface area contributed by atoms with Crippen molar-refractivity contribution in [3.8, 4) is 0 Å². The number of carbonyl (C=O) groups is 1. The van der Waals surface area contributed by atoms with E-state index in [1.165, 1.54) is 25.7 Å². The van der Waals surface area contributed by atoms with E-state index in [1.54, 1.807) is 6.20 Å². The van der Waals surface area contributed by atoms with Crippen LogP contribution in [-0.4, -0.2) is 22.6 Å². The predicted molar refractivity (Wildman–Crippen MR) is 57.6 cm³/mol. The number of hydrogen-bond acceptors (Lipinski definition) is 2. The topological polar surface area (TPSA) is 57.8 Å². The van der Waals surface area contributed by atoms with Gasteiger partial charge in [-0.15, -0.1) is 0 Å². The molecule has 0 atom stereocenters. The number of hydrogen-bond donors (Lipinski definition) is 2. The summed E-state index contributed by atoms with van der Waals surface area (Å²) < 4.78 is 0. The van der Waals surface area contributed by atoms with Crippen LogP contribution in [0, 0.1) is 12.8 Å². The molecule has 1 fully saturated rings. The molecule has 2 rings (SSSR count). The molecule has 1 aromatic rings. The average molecular weight is 207 g/mol. The lowest BCUT2D eigenvalue weighted by atomic mass is 10.1. The van der Waals surface area contributed by atoms with E-state index in [9.17, 15) is 4.79 Å². The average Bonchev–Trinajstić information content (AvgIpc) is 2.84. The van der Waals surface area contributed by atoms with Gasteiger partial charge in [-0.1, -0.05) is 12.8 Å². The van der Waals surface area contributed by atoms with Crippen molar-refractivity contribution in [2.75, 3.05) is 6.54 Å². The van der Waals surface area contributed by atoms with Gasteiger partial charge < -0.3 is 5.32 Å². The SMILES string of the molecule is Cc1[nH]ncc1C(=O)NCC1CCCC1. The zero-order valence-electron chi connectivity index (χ0n) is 9.05. The highest BCUT2D eigenvalue weighted by molar-refractivity contribution is 5.94. The molecule has 1 aliphatic carbocycles. The van der Waals surface area contributed by atoms with Crippen LogP contribution in [0.1, 0.15) is 41.7 Å². The number of aryl methyl sites for hydroxylation is 1. The molecule has 4 nitrogen and oxygen atoms in total. The fourth-order valence-electron chi connectivity index (χ4n) is 2.13. The normalized spacial score (nSPS) is 16.9. The molecule has 0 unspecified atom stereocenters. The molecule has 4 heteroatoms. The number of amides is 1. The Morgan fingerprint density at radius 2 is 2.33 bits per heavy atom. The van der Waals surface area contributed by atoms with Crippen molar-refractivity contribution in [2.45, 2.75) is 32.6 Å². The van der Waals surface area contributed by atoms with Crippen molar-refractivity contribution in [1.29, 1.82) is 0 Å². The second-order valence-corrected chi connectivity index (χ2v) is 4.27. The van der Waals surface area contributed by atoms with Crippen LogP contribution < -0.4 is 5.32 Å². The fourth-order valence-corrected chi connectivity index (χ4v) is 2.13. The van der Waals surface area contributed by atoms with Crippen LogP contribution in [0.5, 0.6) is 0 Å². The Bertz CT molecular complexity index is 339. The molecule has 1 amide bonds. The number of aromatic nitrogens is 2. The van der Waals surface area contributed by atoms with Crippen molar-refractivity contribution in [1.82, 2.24) is 15.5 Å². The van der Waals surface area contributed by atoms with E-state index in [0.717, 1.165) is 12.2 Å². The summed E-state index contributed by atoms with van der Waals surface area (Å²) in [6.45, 7) is 2.67. The molecular formula is C11H17N3O. The van der Waals surface area contributed by atoms with Gasteiger partial charge in [-0.3, -0.25) is 9.89 Å². The first-order chi connectivity index (χ1) is 7.27. The summed E-state index contributed by atoms with van der Waals surface area (Å²) in [7, 11) is 0. The Hall–Kier alpha value is -1.32. The van der Waals surface area contributed by atoms with Gasteiger partial charge in [0, 0.05) is 12.2 Å². The molecule has 0 saturated heterocycles. The van der Waals surface area contributed by atoms with Gasteiger partial charge in [-0.05, 0) is 25.7 Å². The third-order valence-corrected chi connectivity index (χ3v) is 3.10. The molecule has 0 aromatic carbocycles. The van der Waals surface area contributed by atoms with Crippen molar-refractivity contribution in [3.63, 3.8) is 0 Å². The van der Waals surface area contributed by atoms with Gasteiger partial charge >= 0.3 is 0 Å². The largest absolute Gasteiger partial charge is 0.352 e. The Morgan fingerprint density at radius 1 is 1.60 bits per heavy atom. The second-order valence-electron chi connectivity index (χ2n) is 4.27. The molecule has 1 aromatic heterocycles. The lowest BCUT2D eigenvalue weighted by molar-refractivity contribution is 0.0947. The van der Waals surface area contributed by atoms with Crippen molar-refractivity contribution in [3.05, 3.63) is 17.5 Å². The summed E-state index contributed by atoms with van der Waals surface area (Å²) >= 11 is 0. The van der Waals surface area contributed by atoms with Crippen LogP contribution in [0.25, 0.3) is 0 Å². The number of aromatic amines is 1. The Kier molecular flexibility index (Phi) is 3.04. The third kappa shape index (κ3) is 2.37. The number of rotatable bonds is 3. The van der Waals surface area contributed by atoms with Crippen molar-refractivity contribution >= 4 is 5.91 Å². The molecule has 0 radical (unpaired) electrons. The maximum absolute atomic E-state index is 11.7. The van der Waals surface area contributed by atoms with E-state index in [0.29, 0.717) is 11.5 Å². The van der Waals surface area contributed by atoms with Crippen LogP contribution in [0.15, 0.2) is 6.20 Å². The van der Waals surface area contributed by atoms with E-state index < -0.39 is 0 Å². The van der Waals surface area contributed by atoms with Crippen molar-refractivity contribution < 1.29 is 4.79 Å². The fraction of sp³-hybridized carbons (Fsp3) is 0.636. The molecule has 2 N–H and O–H groups in total. The van der Waals surface area contributed by atoms with Crippen LogP contribution >= 0.6 is 0 Å². The summed E-state index contributed by atoms with van der Waals surface area (Å²) in [4.78, 5) is 11.7. The number of carbonyl (C=O) groups excluding carboxylic acids is 1. The number of H-pyrrole nitrogens is 1. The van der Waals surface area contributed by atoms with Crippen molar-refractivity contribution in [2.24, 2.45) is 5.92 Å². The third-order valence-electron chi connectivity index (χ3n) is 3.10. The van der Waals surface area contributed by atoms with Gasteiger partial charge in [0.2, 0.25) is 0 Å². The highest BCUT2D eigenvalue weighted by Crippen LogP contribution is 2.23. The van der Waals surface area contributed by atoms with Gasteiger partial charge in [0.1, 0.15) is 0 Å². The minimum atomic E-state index is -0.00634. The summed E-state index contributed by atoms with van der Waals surface area (Å²) in [5.74, 6) is 0.675. The van der Waals surface area contributed by atoms with Gasteiger partial charge in [-0.25, -0.2) is 0 Å². The molecule has 0 spiro atoms. The molecule has 1 heterocycles. The standard InChI is InChI=1S/C11H17N3O/c1-8-10(7-13-14-8)11(15)12-6-9-4-2-3-5-9/h7,9H,2-6H2,1H3,(H,12,15)(H,13,14). The van der Waals surface area contributed by atoms with E-state index in [-0.39, 0.29) is 5.91 Å². The highest BCUT2D eigenvalue weighted by Gasteiger charge is 2.17. The zero-order valence-corrected chi connectivity index (χ0v) is 9.05. The maximum atomic E-state index is 11.7. The Labute approximate surface area is 89.5 Å². The first-order valence-corrected chi connectivity index (χ1v) is 5.55. The first-order valence-electron chi connectivity index (χ1n) is 5.55. The van der Waals surface area contributed by atoms with Gasteiger partial charge in [0.15, 0.2) is 0 Å². The molecular weight excluding hydrogens is 190 g/mol. The molecule has 1 aliphatic rings. The van der Waals surface area contributed by atoms with Gasteiger partial charge in [0.25, 0.3) is 5.91 Å². The number of nitrogens with zero attached hydrogens (tertiary/aromatic N) is 1. The molecule has 0 bridgehead atoms. The minimum Gasteiger partial charge on any atom is -0.352 e. The van der Waals surface area contributed by atoms with E-state index in [1.807, 2.05) is 6.92 Å². The quantitative estimate of drug-likeness (QED) is 0.791.